The molecule has 0 aliphatic heterocycles. The summed E-state index contributed by atoms with van der Waals surface area (Å²) in [6.07, 6.45) is 1.88. The molecule has 3 heteroatoms. The van der Waals surface area contributed by atoms with Crippen molar-refractivity contribution in [2.75, 3.05) is 0 Å². The minimum Gasteiger partial charge on any atom is -0.317 e. The maximum atomic E-state index is 3.91. The van der Waals surface area contributed by atoms with Crippen LogP contribution in [-0.2, 0) is 0 Å². The zero-order valence-corrected chi connectivity index (χ0v) is 13.3. The topological polar surface area (TPSA) is 4.93 Å². The largest absolute Gasteiger partial charge is 0.317 e. The number of hydrogen-bond acceptors (Lipinski definition) is 0. The Morgan fingerprint density at radius 1 is 0.882 bits per heavy atom. The summed E-state index contributed by atoms with van der Waals surface area (Å²) in [5.41, 5.74) is 2.44. The van der Waals surface area contributed by atoms with Crippen LogP contribution >= 0.6 is 45.2 Å². The van der Waals surface area contributed by atoms with E-state index in [1.807, 2.05) is 6.20 Å². The third-order valence-corrected chi connectivity index (χ3v) is 4.25. The van der Waals surface area contributed by atoms with Crippen LogP contribution in [-0.4, -0.2) is 4.57 Å². The molecular weight excluding hydrogens is 436 g/mol. The number of nitrogens with zero attached hydrogens (tertiary/aromatic N) is 1. The second-order valence-electron chi connectivity index (χ2n) is 3.88. The Kier molecular flexibility index (Phi) is 2.90. The van der Waals surface area contributed by atoms with E-state index in [2.05, 4.69) is 92.7 Å². The van der Waals surface area contributed by atoms with Crippen molar-refractivity contribution in [3.63, 3.8) is 0 Å². The first-order valence-corrected chi connectivity index (χ1v) is 7.38. The van der Waals surface area contributed by atoms with E-state index in [1.165, 1.54) is 28.9 Å². The van der Waals surface area contributed by atoms with E-state index in [0.717, 1.165) is 0 Å². The van der Waals surface area contributed by atoms with Gasteiger partial charge in [0.15, 0.2) is 0 Å². The Hall–Kier alpha value is -0.560. The van der Waals surface area contributed by atoms with Crippen LogP contribution in [0.1, 0.15) is 0 Å². The first kappa shape index (κ1) is 11.5. The molecule has 17 heavy (non-hydrogen) atoms. The molecule has 0 spiro atoms. The molecule has 1 nitrogen and oxygen atoms in total. The lowest BCUT2D eigenvalue weighted by Crippen LogP contribution is -1.84. The van der Waals surface area contributed by atoms with Gasteiger partial charge in [0, 0.05) is 24.1 Å². The molecule has 0 amide bonds. The van der Waals surface area contributed by atoms with Crippen LogP contribution in [0.5, 0.6) is 0 Å². The first-order chi connectivity index (χ1) is 8.20. The van der Waals surface area contributed by atoms with Gasteiger partial charge in [0.2, 0.25) is 0 Å². The number of rotatable bonds is 1. The molecule has 3 aromatic rings. The van der Waals surface area contributed by atoms with Gasteiger partial charge in [-0.05, 0) is 81.6 Å². The van der Waals surface area contributed by atoms with Crippen LogP contribution < -0.4 is 0 Å². The molecule has 84 valence electrons. The lowest BCUT2D eigenvalue weighted by Gasteiger charge is -1.98. The van der Waals surface area contributed by atoms with Gasteiger partial charge < -0.3 is 4.57 Å². The van der Waals surface area contributed by atoms with Crippen molar-refractivity contribution in [2.45, 2.75) is 0 Å². The maximum Gasteiger partial charge on any atom is 0.0535 e. The summed E-state index contributed by atoms with van der Waals surface area (Å²) in [5, 5.41) is 2.59. The second-order valence-corrected chi connectivity index (χ2v) is 6.37. The Labute approximate surface area is 127 Å². The molecule has 0 fully saturated rings. The summed E-state index contributed by atoms with van der Waals surface area (Å²) in [5.74, 6) is 0. The van der Waals surface area contributed by atoms with Gasteiger partial charge in [-0.15, -0.1) is 0 Å². The Balaban J connectivity index is 2.61. The van der Waals surface area contributed by atoms with E-state index in [0.29, 0.717) is 0 Å². The average Bonchev–Trinajstić information content (AvgIpc) is 2.62. The Bertz CT molecular complexity index is 681. The Morgan fingerprint density at radius 2 is 1.35 bits per heavy atom. The third-order valence-electron chi connectivity index (χ3n) is 2.91. The fraction of sp³-hybridized carbons (Fsp3) is 0. The highest BCUT2D eigenvalue weighted by molar-refractivity contribution is 14.1. The van der Waals surface area contributed by atoms with Crippen molar-refractivity contribution in [1.29, 1.82) is 0 Å². The van der Waals surface area contributed by atoms with Gasteiger partial charge in [0.25, 0.3) is 0 Å². The number of benzene rings is 2. The van der Waals surface area contributed by atoms with Crippen molar-refractivity contribution in [3.8, 4) is 0 Å². The van der Waals surface area contributed by atoms with Gasteiger partial charge in [0.1, 0.15) is 0 Å². The van der Waals surface area contributed by atoms with Gasteiger partial charge in [-0.3, -0.25) is 0 Å². The normalized spacial score (nSPS) is 11.2. The van der Waals surface area contributed by atoms with Crippen molar-refractivity contribution >= 4 is 73.2 Å². The molecule has 0 N–H and O–H groups in total. The maximum absolute atomic E-state index is 3.91. The van der Waals surface area contributed by atoms with Crippen LogP contribution in [0.3, 0.4) is 0 Å². The number of aromatic nitrogens is 1. The number of halogens is 2. The molecule has 2 aromatic carbocycles. The van der Waals surface area contributed by atoms with Crippen molar-refractivity contribution < 1.29 is 0 Å². The quantitative estimate of drug-likeness (QED) is 0.460. The van der Waals surface area contributed by atoms with E-state index >= 15 is 0 Å². The summed E-state index contributed by atoms with van der Waals surface area (Å²) in [7, 11) is 0. The molecule has 0 atom stereocenters. The van der Waals surface area contributed by atoms with Crippen LogP contribution in [0.25, 0.3) is 28.0 Å². The van der Waals surface area contributed by atoms with E-state index in [9.17, 15) is 0 Å². The van der Waals surface area contributed by atoms with Gasteiger partial charge in [0.05, 0.1) is 11.0 Å². The van der Waals surface area contributed by atoms with Gasteiger partial charge >= 0.3 is 0 Å². The molecule has 0 aliphatic rings. The van der Waals surface area contributed by atoms with Crippen LogP contribution in [0.15, 0.2) is 43.0 Å². The summed E-state index contributed by atoms with van der Waals surface area (Å²) < 4.78 is 4.67. The smallest absolute Gasteiger partial charge is 0.0535 e. The average molecular weight is 445 g/mol. The van der Waals surface area contributed by atoms with Gasteiger partial charge in [-0.2, -0.15) is 0 Å². The predicted octanol–water partition coefficient (Wildman–Crippen LogP) is 5.10. The van der Waals surface area contributed by atoms with Crippen molar-refractivity contribution in [3.05, 3.63) is 50.1 Å². The summed E-state index contributed by atoms with van der Waals surface area (Å²) in [4.78, 5) is 0. The van der Waals surface area contributed by atoms with Crippen molar-refractivity contribution in [2.24, 2.45) is 0 Å². The Morgan fingerprint density at radius 3 is 1.76 bits per heavy atom. The minimum atomic E-state index is 1.22. The van der Waals surface area contributed by atoms with Crippen LogP contribution in [0, 0.1) is 7.14 Å². The molecule has 0 saturated heterocycles. The molecule has 0 saturated carbocycles. The summed E-state index contributed by atoms with van der Waals surface area (Å²) >= 11 is 4.71. The fourth-order valence-corrected chi connectivity index (χ4v) is 3.18. The fourth-order valence-electron chi connectivity index (χ4n) is 2.19. The SMILES string of the molecule is C=Cn1c2ccc(I)cc2c2cc(I)ccc21. The van der Waals surface area contributed by atoms with E-state index in [-0.39, 0.29) is 0 Å². The van der Waals surface area contributed by atoms with Gasteiger partial charge in [-0.25, -0.2) is 0 Å². The molecule has 1 aromatic heterocycles. The van der Waals surface area contributed by atoms with E-state index < -0.39 is 0 Å². The van der Waals surface area contributed by atoms with Crippen LogP contribution in [0.4, 0.5) is 0 Å². The zero-order chi connectivity index (χ0) is 12.0. The standard InChI is InChI=1S/C14H9I2N/c1-2-17-13-5-3-9(15)7-11(13)12-8-10(16)4-6-14(12)17/h2-8H,1H2. The second kappa shape index (κ2) is 4.28. The predicted molar refractivity (Wildman–Crippen MR) is 91.3 cm³/mol. The molecule has 1 heterocycles. The van der Waals surface area contributed by atoms with Crippen LogP contribution in [0.2, 0.25) is 0 Å². The molecule has 0 radical (unpaired) electrons. The van der Waals surface area contributed by atoms with E-state index in [1.54, 1.807) is 0 Å². The molecular formula is C14H9I2N. The van der Waals surface area contributed by atoms with Gasteiger partial charge in [-0.1, -0.05) is 6.58 Å². The molecule has 0 unspecified atom stereocenters. The monoisotopic (exact) mass is 445 g/mol. The number of hydrogen-bond donors (Lipinski definition) is 0. The third kappa shape index (κ3) is 1.79. The highest BCUT2D eigenvalue weighted by Crippen LogP contribution is 2.31. The zero-order valence-electron chi connectivity index (χ0n) is 8.95. The molecule has 3 rings (SSSR count). The molecule has 0 bridgehead atoms. The lowest BCUT2D eigenvalue weighted by atomic mass is 10.2. The first-order valence-electron chi connectivity index (χ1n) is 5.22. The highest BCUT2D eigenvalue weighted by atomic mass is 127. The van der Waals surface area contributed by atoms with E-state index in [4.69, 9.17) is 0 Å². The van der Waals surface area contributed by atoms with Crippen molar-refractivity contribution in [1.82, 2.24) is 4.57 Å². The highest BCUT2D eigenvalue weighted by Gasteiger charge is 2.09. The minimum absolute atomic E-state index is 1.22. The lowest BCUT2D eigenvalue weighted by molar-refractivity contribution is 1.29. The molecule has 0 aliphatic carbocycles. The summed E-state index contributed by atoms with van der Waals surface area (Å²) in [6, 6.07) is 13.0. The summed E-state index contributed by atoms with van der Waals surface area (Å²) in [6.45, 7) is 3.91. The number of fused-ring (bicyclic) bond motifs is 3.